The van der Waals surface area contributed by atoms with E-state index in [0.717, 1.165) is 11.1 Å². The van der Waals surface area contributed by atoms with Gasteiger partial charge in [-0.2, -0.15) is 0 Å². The van der Waals surface area contributed by atoms with Crippen LogP contribution in [0.1, 0.15) is 31.4 Å². The van der Waals surface area contributed by atoms with Crippen LogP contribution >= 0.6 is 0 Å². The van der Waals surface area contributed by atoms with Crippen molar-refractivity contribution < 1.29 is 29.0 Å². The van der Waals surface area contributed by atoms with E-state index < -0.39 is 34.7 Å². The van der Waals surface area contributed by atoms with Crippen LogP contribution in [0.3, 0.4) is 0 Å². The summed E-state index contributed by atoms with van der Waals surface area (Å²) in [5.74, 6) is 0.0978. The van der Waals surface area contributed by atoms with Gasteiger partial charge in [-0.1, -0.05) is 42.5 Å². The van der Waals surface area contributed by atoms with Gasteiger partial charge in [0, 0.05) is 13.0 Å². The van der Waals surface area contributed by atoms with Crippen LogP contribution in [0.15, 0.2) is 54.6 Å². The standard InChI is InChI=1S/C29H37N3O6/c1-27(36)13-14-30-24(27)26(35)32-29(18-33,16-21-9-11-22(37-3)12-10-21)17-31-23(25(34)28(2)19-38-28)15-20-7-5-4-6-8-20/h4-12,18,23-24,30-31,36H,13-17,19H2,1-3H3,(H,32,35). The minimum Gasteiger partial charge on any atom is -0.497 e. The second-order valence-electron chi connectivity index (χ2n) is 10.8. The summed E-state index contributed by atoms with van der Waals surface area (Å²) in [7, 11) is 1.57. The van der Waals surface area contributed by atoms with Crippen molar-refractivity contribution >= 4 is 18.0 Å². The fraction of sp³-hybridized carbons (Fsp3) is 0.483. The molecule has 5 unspecified atom stereocenters. The third kappa shape index (κ3) is 6.47. The summed E-state index contributed by atoms with van der Waals surface area (Å²) in [6.45, 7) is 4.20. The highest BCUT2D eigenvalue weighted by molar-refractivity contribution is 5.94. The maximum atomic E-state index is 13.4. The van der Waals surface area contributed by atoms with Crippen LogP contribution in [0.2, 0.25) is 0 Å². The van der Waals surface area contributed by atoms with E-state index in [4.69, 9.17) is 9.47 Å². The lowest BCUT2D eigenvalue weighted by Gasteiger charge is -2.34. The molecular formula is C29H37N3O6. The van der Waals surface area contributed by atoms with Crippen LogP contribution in [0.5, 0.6) is 5.75 Å². The van der Waals surface area contributed by atoms with E-state index in [9.17, 15) is 19.5 Å². The Kier molecular flexibility index (Phi) is 8.32. The van der Waals surface area contributed by atoms with Gasteiger partial charge < -0.3 is 35.3 Å². The number of ether oxygens (including phenoxy) is 2. The van der Waals surface area contributed by atoms with E-state index in [1.54, 1.807) is 33.1 Å². The molecule has 2 saturated heterocycles. The van der Waals surface area contributed by atoms with Gasteiger partial charge in [0.15, 0.2) is 5.78 Å². The molecule has 0 radical (unpaired) electrons. The quantitative estimate of drug-likeness (QED) is 0.226. The lowest BCUT2D eigenvalue weighted by atomic mass is 9.88. The zero-order chi connectivity index (χ0) is 27.4. The van der Waals surface area contributed by atoms with Gasteiger partial charge in [-0.15, -0.1) is 0 Å². The highest BCUT2D eigenvalue weighted by atomic mass is 16.6. The highest BCUT2D eigenvalue weighted by Crippen LogP contribution is 2.29. The summed E-state index contributed by atoms with van der Waals surface area (Å²) in [5, 5.41) is 19.9. The minimum absolute atomic E-state index is 0.00243. The number of aliphatic hydroxyl groups is 1. The van der Waals surface area contributed by atoms with Crippen molar-refractivity contribution in [1.29, 1.82) is 0 Å². The fourth-order valence-electron chi connectivity index (χ4n) is 4.93. The summed E-state index contributed by atoms with van der Waals surface area (Å²) in [4.78, 5) is 39.4. The summed E-state index contributed by atoms with van der Waals surface area (Å²) < 4.78 is 10.7. The molecule has 0 aliphatic carbocycles. The Labute approximate surface area is 223 Å². The number of hydrogen-bond acceptors (Lipinski definition) is 8. The molecule has 5 atom stereocenters. The van der Waals surface area contributed by atoms with Crippen LogP contribution in [-0.2, 0) is 32.0 Å². The molecule has 2 aliphatic rings. The van der Waals surface area contributed by atoms with Gasteiger partial charge in [-0.3, -0.25) is 9.59 Å². The van der Waals surface area contributed by atoms with E-state index in [-0.39, 0.29) is 18.7 Å². The van der Waals surface area contributed by atoms with Gasteiger partial charge in [0.2, 0.25) is 5.91 Å². The van der Waals surface area contributed by atoms with Crippen molar-refractivity contribution in [3.8, 4) is 5.75 Å². The third-order valence-electron chi connectivity index (χ3n) is 7.50. The highest BCUT2D eigenvalue weighted by Gasteiger charge is 2.50. The Hall–Kier alpha value is -3.11. The topological polar surface area (TPSA) is 129 Å². The molecule has 1 amide bonds. The summed E-state index contributed by atoms with van der Waals surface area (Å²) >= 11 is 0. The summed E-state index contributed by atoms with van der Waals surface area (Å²) in [5.41, 5.74) is -1.72. The first kappa shape index (κ1) is 27.9. The number of carbonyl (C=O) groups excluding carboxylic acids is 3. The number of epoxide rings is 1. The van der Waals surface area contributed by atoms with Crippen LogP contribution in [0.4, 0.5) is 0 Å². The molecule has 2 fully saturated rings. The second kappa shape index (κ2) is 11.3. The van der Waals surface area contributed by atoms with Gasteiger partial charge in [0.25, 0.3) is 0 Å². The molecule has 4 rings (SSSR count). The predicted molar refractivity (Wildman–Crippen MR) is 142 cm³/mol. The average molecular weight is 524 g/mol. The first-order valence-corrected chi connectivity index (χ1v) is 12.9. The van der Waals surface area contributed by atoms with Crippen LogP contribution in [0, 0.1) is 0 Å². The lowest BCUT2D eigenvalue weighted by molar-refractivity contribution is -0.132. The summed E-state index contributed by atoms with van der Waals surface area (Å²) in [6, 6.07) is 15.4. The minimum atomic E-state index is -1.38. The number of benzene rings is 2. The number of ketones is 1. The monoisotopic (exact) mass is 523 g/mol. The van der Waals surface area contributed by atoms with Crippen molar-refractivity contribution in [3.05, 3.63) is 65.7 Å². The van der Waals surface area contributed by atoms with Gasteiger partial charge in [0.1, 0.15) is 29.2 Å². The molecule has 0 spiro atoms. The van der Waals surface area contributed by atoms with Gasteiger partial charge in [0.05, 0.1) is 25.4 Å². The normalized spacial score (nSPS) is 26.7. The van der Waals surface area contributed by atoms with Crippen molar-refractivity contribution in [2.75, 3.05) is 26.8 Å². The van der Waals surface area contributed by atoms with E-state index in [1.165, 1.54) is 0 Å². The second-order valence-corrected chi connectivity index (χ2v) is 10.8. The zero-order valence-corrected chi connectivity index (χ0v) is 22.2. The van der Waals surface area contributed by atoms with E-state index in [0.29, 0.717) is 38.0 Å². The Morgan fingerprint density at radius 1 is 1.18 bits per heavy atom. The molecule has 0 saturated carbocycles. The number of aldehydes is 1. The number of amides is 1. The SMILES string of the molecule is COc1ccc(CC(C=O)(CNC(Cc2ccccc2)C(=O)C2(C)CO2)NC(=O)C2NCCC2(C)O)cc1. The van der Waals surface area contributed by atoms with Crippen molar-refractivity contribution in [2.24, 2.45) is 0 Å². The molecule has 2 aromatic carbocycles. The lowest BCUT2D eigenvalue weighted by Crippen LogP contribution is -2.64. The molecule has 0 bridgehead atoms. The molecule has 2 aliphatic heterocycles. The summed E-state index contributed by atoms with van der Waals surface area (Å²) in [6.07, 6.45) is 1.71. The molecule has 9 nitrogen and oxygen atoms in total. The fourth-order valence-corrected chi connectivity index (χ4v) is 4.93. The van der Waals surface area contributed by atoms with Crippen molar-refractivity contribution in [2.45, 2.75) is 61.9 Å². The number of carbonyl (C=O) groups is 3. The number of methoxy groups -OCH3 is 1. The molecule has 2 aromatic rings. The largest absolute Gasteiger partial charge is 0.497 e. The first-order valence-electron chi connectivity index (χ1n) is 12.9. The molecular weight excluding hydrogens is 486 g/mol. The maximum Gasteiger partial charge on any atom is 0.240 e. The molecule has 204 valence electrons. The number of rotatable bonds is 13. The Morgan fingerprint density at radius 3 is 2.42 bits per heavy atom. The van der Waals surface area contributed by atoms with E-state index in [1.807, 2.05) is 42.5 Å². The third-order valence-corrected chi connectivity index (χ3v) is 7.50. The number of nitrogens with one attached hydrogen (secondary N) is 3. The molecule has 38 heavy (non-hydrogen) atoms. The van der Waals surface area contributed by atoms with E-state index in [2.05, 4.69) is 16.0 Å². The molecule has 2 heterocycles. The van der Waals surface area contributed by atoms with Gasteiger partial charge in [-0.25, -0.2) is 0 Å². The Balaban J connectivity index is 1.59. The van der Waals surface area contributed by atoms with Crippen molar-refractivity contribution in [3.63, 3.8) is 0 Å². The maximum absolute atomic E-state index is 13.4. The average Bonchev–Trinajstić information content (AvgIpc) is 3.57. The van der Waals surface area contributed by atoms with Gasteiger partial charge >= 0.3 is 0 Å². The Bertz CT molecular complexity index is 1130. The molecule has 0 aromatic heterocycles. The number of Topliss-reactive ketones (excluding diaryl/α,β-unsaturated/α-hetero) is 1. The van der Waals surface area contributed by atoms with E-state index >= 15 is 0 Å². The number of hydrogen-bond donors (Lipinski definition) is 4. The predicted octanol–water partition coefficient (Wildman–Crippen LogP) is 0.963. The van der Waals surface area contributed by atoms with Crippen LogP contribution < -0.4 is 20.7 Å². The van der Waals surface area contributed by atoms with Crippen LogP contribution in [-0.4, -0.2) is 78.7 Å². The first-order chi connectivity index (χ1) is 18.1. The van der Waals surface area contributed by atoms with Gasteiger partial charge in [-0.05, 0) is 56.5 Å². The molecule has 9 heteroatoms. The molecule has 4 N–H and O–H groups in total. The Morgan fingerprint density at radius 2 is 1.87 bits per heavy atom. The zero-order valence-electron chi connectivity index (χ0n) is 22.2. The smallest absolute Gasteiger partial charge is 0.240 e. The van der Waals surface area contributed by atoms with Crippen molar-refractivity contribution in [1.82, 2.24) is 16.0 Å². The van der Waals surface area contributed by atoms with Crippen LogP contribution in [0.25, 0.3) is 0 Å².